The first-order valence-electron chi connectivity index (χ1n) is 14.8. The van der Waals surface area contributed by atoms with E-state index in [2.05, 4.69) is 0 Å². The van der Waals surface area contributed by atoms with Gasteiger partial charge in [-0.05, 0) is 75.9 Å². The van der Waals surface area contributed by atoms with Crippen molar-refractivity contribution in [2.45, 2.75) is 41.5 Å². The lowest BCUT2D eigenvalue weighted by atomic mass is 10.0. The summed E-state index contributed by atoms with van der Waals surface area (Å²) in [7, 11) is -4.32. The summed E-state index contributed by atoms with van der Waals surface area (Å²) in [6.45, 7) is 11.0. The minimum Gasteiger partial charge on any atom is -0.376 e. The molecule has 0 aliphatic heterocycles. The second-order valence-electron chi connectivity index (χ2n) is 11.2. The minimum atomic E-state index is -4.32. The van der Waals surface area contributed by atoms with Crippen LogP contribution in [-0.2, 0) is 13.6 Å². The van der Waals surface area contributed by atoms with Crippen molar-refractivity contribution in [3.63, 3.8) is 0 Å². The fourth-order valence-corrected chi connectivity index (χ4v) is 6.80. The first-order chi connectivity index (χ1) is 21.9. The Morgan fingerprint density at radius 1 is 0.478 bits per heavy atom. The van der Waals surface area contributed by atoms with Gasteiger partial charge in [0.05, 0.1) is 16.4 Å². The molecule has 0 amide bonds. The predicted molar refractivity (Wildman–Crippen MR) is 182 cm³/mol. The minimum absolute atomic E-state index is 0.0752. The van der Waals surface area contributed by atoms with Gasteiger partial charge in [-0.25, -0.2) is 14.2 Å². The summed E-state index contributed by atoms with van der Waals surface area (Å²) in [5.41, 5.74) is 6.88. The van der Waals surface area contributed by atoms with Gasteiger partial charge in [-0.2, -0.15) is 0 Å². The van der Waals surface area contributed by atoms with E-state index in [0.717, 1.165) is 22.3 Å². The summed E-state index contributed by atoms with van der Waals surface area (Å²) < 4.78 is 24.8. The van der Waals surface area contributed by atoms with Crippen LogP contribution in [0.25, 0.3) is 0 Å². The van der Waals surface area contributed by atoms with Gasteiger partial charge < -0.3 is 9.05 Å². The van der Waals surface area contributed by atoms with Gasteiger partial charge in [0.25, 0.3) is 0 Å². The molecular weight excluding hydrogens is 595 g/mol. The molecule has 0 heterocycles. The van der Waals surface area contributed by atoms with Gasteiger partial charge in [0.2, 0.25) is 0 Å². The highest BCUT2D eigenvalue weighted by molar-refractivity contribution is 7.63. The number of ketones is 1. The number of carbonyl (C=O) groups excluding carboxylic acids is 3. The van der Waals surface area contributed by atoms with Crippen LogP contribution >= 0.6 is 7.60 Å². The fourth-order valence-electron chi connectivity index (χ4n) is 5.39. The van der Waals surface area contributed by atoms with Gasteiger partial charge in [0.1, 0.15) is 0 Å². The largest absolute Gasteiger partial charge is 0.467 e. The summed E-state index contributed by atoms with van der Waals surface area (Å²) in [5.74, 6) is -1.51. The van der Waals surface area contributed by atoms with Crippen LogP contribution < -0.4 is 5.30 Å². The first kappa shape index (κ1) is 33.8. The van der Waals surface area contributed by atoms with E-state index in [4.69, 9.17) is 9.05 Å². The standard InChI is InChI=1S/C26H27O5P.C13H10O/c1-16-12-18(3)23(19(4)13-16)25(27)30-32(29,22-10-8-7-9-11-22)31-26(28)24-20(5)14-17(2)15-21(24)6;14-13(11-7-3-1-4-8-11)12-9-5-2-6-10-12/h7-15H,1-6H3;1-10H. The van der Waals surface area contributed by atoms with E-state index in [1.165, 1.54) is 12.1 Å². The fraction of sp³-hybridized carbons (Fsp3) is 0.154. The molecule has 0 saturated carbocycles. The van der Waals surface area contributed by atoms with Crippen molar-refractivity contribution < 1.29 is 28.0 Å². The van der Waals surface area contributed by atoms with Crippen LogP contribution in [0.5, 0.6) is 0 Å². The molecule has 5 aromatic rings. The zero-order valence-corrected chi connectivity index (χ0v) is 27.8. The normalized spacial score (nSPS) is 10.7. The highest BCUT2D eigenvalue weighted by atomic mass is 31.2. The third kappa shape index (κ3) is 8.15. The molecule has 0 unspecified atom stereocenters. The topological polar surface area (TPSA) is 86.7 Å². The Labute approximate surface area is 270 Å². The van der Waals surface area contributed by atoms with Crippen LogP contribution in [0.1, 0.15) is 70.0 Å². The van der Waals surface area contributed by atoms with Gasteiger partial charge in [-0.1, -0.05) is 114 Å². The molecule has 6 nitrogen and oxygen atoms in total. The molecule has 5 rings (SSSR count). The Hall–Kier alpha value is -5.06. The van der Waals surface area contributed by atoms with Crippen molar-refractivity contribution in [1.29, 1.82) is 0 Å². The molecule has 0 atom stereocenters. The molecule has 0 fully saturated rings. The Balaban J connectivity index is 0.000000284. The lowest BCUT2D eigenvalue weighted by Gasteiger charge is -2.20. The van der Waals surface area contributed by atoms with E-state index in [1.807, 2.05) is 98.8 Å². The molecule has 0 aliphatic carbocycles. The smallest absolute Gasteiger partial charge is 0.376 e. The third-order valence-corrected chi connectivity index (χ3v) is 9.06. The Bertz CT molecular complexity index is 1750. The van der Waals surface area contributed by atoms with E-state index >= 15 is 0 Å². The molecule has 0 radical (unpaired) electrons. The highest BCUT2D eigenvalue weighted by Crippen LogP contribution is 2.49. The molecule has 7 heteroatoms. The zero-order valence-electron chi connectivity index (χ0n) is 26.9. The molecule has 0 N–H and O–H groups in total. The SMILES string of the molecule is Cc1cc(C)c(C(=O)OP(=O)(OC(=O)c2c(C)cc(C)cc2C)c2ccccc2)c(C)c1.O=C(c1ccccc1)c1ccccc1. The van der Waals surface area contributed by atoms with Crippen LogP contribution in [0, 0.1) is 41.5 Å². The maximum Gasteiger partial charge on any atom is 0.467 e. The number of rotatable bonds is 7. The lowest BCUT2D eigenvalue weighted by molar-refractivity contribution is 0.0637. The van der Waals surface area contributed by atoms with Crippen molar-refractivity contribution in [2.24, 2.45) is 0 Å². The van der Waals surface area contributed by atoms with Gasteiger partial charge in [0.15, 0.2) is 5.78 Å². The Kier molecular flexibility index (Phi) is 10.9. The summed E-state index contributed by atoms with van der Waals surface area (Å²) in [4.78, 5) is 38.0. The molecule has 0 saturated heterocycles. The predicted octanol–water partition coefficient (Wildman–Crippen LogP) is 8.99. The first-order valence-corrected chi connectivity index (χ1v) is 16.4. The maximum atomic E-state index is 13.9. The Morgan fingerprint density at radius 2 is 0.783 bits per heavy atom. The molecule has 0 aliphatic rings. The third-order valence-electron chi connectivity index (χ3n) is 7.31. The summed E-state index contributed by atoms with van der Waals surface area (Å²) in [5, 5.41) is 0.131. The molecule has 0 aromatic heterocycles. The van der Waals surface area contributed by atoms with Crippen molar-refractivity contribution in [3.8, 4) is 0 Å². The molecule has 0 spiro atoms. The van der Waals surface area contributed by atoms with Crippen LogP contribution in [0.2, 0.25) is 0 Å². The Morgan fingerprint density at radius 3 is 1.11 bits per heavy atom. The molecular formula is C39H37O6P. The van der Waals surface area contributed by atoms with Crippen molar-refractivity contribution in [3.05, 3.63) is 171 Å². The van der Waals surface area contributed by atoms with Crippen LogP contribution in [0.15, 0.2) is 115 Å². The molecule has 46 heavy (non-hydrogen) atoms. The number of hydrogen-bond donors (Lipinski definition) is 0. The number of aryl methyl sites for hydroxylation is 6. The van der Waals surface area contributed by atoms with E-state index in [0.29, 0.717) is 33.4 Å². The number of carbonyl (C=O) groups is 3. The van der Waals surface area contributed by atoms with Crippen LogP contribution in [0.4, 0.5) is 0 Å². The van der Waals surface area contributed by atoms with E-state index < -0.39 is 19.5 Å². The van der Waals surface area contributed by atoms with Gasteiger partial charge >= 0.3 is 19.5 Å². The second-order valence-corrected chi connectivity index (χ2v) is 13.1. The van der Waals surface area contributed by atoms with Crippen molar-refractivity contribution >= 4 is 30.6 Å². The average Bonchev–Trinajstić information content (AvgIpc) is 3.01. The lowest BCUT2D eigenvalue weighted by Crippen LogP contribution is -2.19. The number of benzene rings is 5. The molecule has 5 aromatic carbocycles. The van der Waals surface area contributed by atoms with Gasteiger partial charge in [0, 0.05) is 11.1 Å². The molecule has 234 valence electrons. The van der Waals surface area contributed by atoms with E-state index in [9.17, 15) is 18.9 Å². The zero-order chi connectivity index (χ0) is 33.4. The monoisotopic (exact) mass is 632 g/mol. The van der Waals surface area contributed by atoms with E-state index in [1.54, 1.807) is 45.9 Å². The quantitative estimate of drug-likeness (QED) is 0.132. The van der Waals surface area contributed by atoms with Gasteiger partial charge in [-0.15, -0.1) is 0 Å². The number of hydrogen-bond acceptors (Lipinski definition) is 6. The summed E-state index contributed by atoms with van der Waals surface area (Å²) in [6, 6.07) is 34.1. The second kappa shape index (κ2) is 14.8. The van der Waals surface area contributed by atoms with Crippen molar-refractivity contribution in [2.75, 3.05) is 0 Å². The van der Waals surface area contributed by atoms with Crippen molar-refractivity contribution in [1.82, 2.24) is 0 Å². The summed E-state index contributed by atoms with van der Waals surface area (Å²) in [6.07, 6.45) is 0. The van der Waals surface area contributed by atoms with Crippen LogP contribution in [0.3, 0.4) is 0 Å². The molecule has 0 bridgehead atoms. The van der Waals surface area contributed by atoms with Crippen LogP contribution in [-0.4, -0.2) is 17.7 Å². The van der Waals surface area contributed by atoms with E-state index in [-0.39, 0.29) is 11.1 Å². The highest BCUT2D eigenvalue weighted by Gasteiger charge is 2.37. The summed E-state index contributed by atoms with van der Waals surface area (Å²) >= 11 is 0. The van der Waals surface area contributed by atoms with Gasteiger partial charge in [-0.3, -0.25) is 4.79 Å². The average molecular weight is 633 g/mol. The maximum absolute atomic E-state index is 13.9.